The zero-order valence-corrected chi connectivity index (χ0v) is 11.7. The lowest BCUT2D eigenvalue weighted by Gasteiger charge is -2.21. The number of nitrogens with zero attached hydrogens (tertiary/aromatic N) is 1. The summed E-state index contributed by atoms with van der Waals surface area (Å²) in [5, 5.41) is 0.885. The van der Waals surface area contributed by atoms with E-state index in [1.807, 2.05) is 24.3 Å². The fourth-order valence-corrected chi connectivity index (χ4v) is 3.74. The Morgan fingerprint density at radius 2 is 2.05 bits per heavy atom. The number of thiophene rings is 1. The van der Waals surface area contributed by atoms with Crippen molar-refractivity contribution in [3.63, 3.8) is 0 Å². The molecule has 104 valence electrons. The minimum atomic E-state index is -0.507. The first kappa shape index (κ1) is 12.9. The monoisotopic (exact) mass is 289 g/mol. The number of carbonyl (C=O) groups excluding carboxylic acids is 2. The summed E-state index contributed by atoms with van der Waals surface area (Å²) in [5.41, 5.74) is 11.9. The Kier molecular flexibility index (Phi) is 3.10. The van der Waals surface area contributed by atoms with Gasteiger partial charge in [-0.25, -0.2) is 0 Å². The summed E-state index contributed by atoms with van der Waals surface area (Å²) in [5.74, 6) is -0.638. The average Bonchev–Trinajstić information content (AvgIpc) is 3.04. The first-order valence-electron chi connectivity index (χ1n) is 6.47. The number of nitrogen functional groups attached to an aromatic ring is 1. The van der Waals surface area contributed by atoms with Crippen molar-refractivity contribution in [2.75, 3.05) is 12.3 Å². The molecule has 1 aliphatic rings. The van der Waals surface area contributed by atoms with Crippen LogP contribution < -0.4 is 11.5 Å². The van der Waals surface area contributed by atoms with Gasteiger partial charge in [0.25, 0.3) is 5.91 Å². The van der Waals surface area contributed by atoms with Crippen LogP contribution in [0.5, 0.6) is 0 Å². The van der Waals surface area contributed by atoms with E-state index in [2.05, 4.69) is 0 Å². The van der Waals surface area contributed by atoms with Gasteiger partial charge in [-0.2, -0.15) is 0 Å². The highest BCUT2D eigenvalue weighted by molar-refractivity contribution is 7.21. The number of hydrogen-bond acceptors (Lipinski definition) is 4. The smallest absolute Gasteiger partial charge is 0.266 e. The van der Waals surface area contributed by atoms with Crippen LogP contribution in [0.1, 0.15) is 22.5 Å². The molecule has 0 radical (unpaired) electrons. The third-order valence-electron chi connectivity index (χ3n) is 3.67. The number of likely N-dealkylation sites (tertiary alicyclic amines) is 1. The number of anilines is 1. The zero-order valence-electron chi connectivity index (χ0n) is 10.8. The van der Waals surface area contributed by atoms with Crippen molar-refractivity contribution in [1.82, 2.24) is 4.90 Å². The lowest BCUT2D eigenvalue weighted by atomic mass is 10.2. The second kappa shape index (κ2) is 4.79. The predicted octanol–water partition coefficient (Wildman–Crippen LogP) is 1.57. The molecule has 5 nitrogen and oxygen atoms in total. The van der Waals surface area contributed by atoms with E-state index in [1.54, 1.807) is 4.90 Å². The number of amides is 2. The van der Waals surface area contributed by atoms with Gasteiger partial charge in [-0.15, -0.1) is 11.3 Å². The molecule has 2 heterocycles. The molecule has 0 spiro atoms. The van der Waals surface area contributed by atoms with Gasteiger partial charge in [0, 0.05) is 16.6 Å². The quantitative estimate of drug-likeness (QED) is 0.879. The van der Waals surface area contributed by atoms with E-state index in [1.165, 1.54) is 11.3 Å². The lowest BCUT2D eigenvalue weighted by molar-refractivity contribution is -0.121. The Morgan fingerprint density at radius 1 is 1.30 bits per heavy atom. The Hall–Kier alpha value is -2.08. The van der Waals surface area contributed by atoms with Crippen LogP contribution in [0.25, 0.3) is 10.1 Å². The third kappa shape index (κ3) is 1.92. The van der Waals surface area contributed by atoms with Gasteiger partial charge in [-0.05, 0) is 18.9 Å². The molecule has 6 heteroatoms. The lowest BCUT2D eigenvalue weighted by Crippen LogP contribution is -2.43. The standard InChI is InChI=1S/C14H15N3O2S/c15-11-8-4-1-2-6-10(8)20-12(11)14(19)17-7-3-5-9(17)13(16)18/h1-2,4,6,9H,3,5,7,15H2,(H2,16,18). The molecular weight excluding hydrogens is 274 g/mol. The van der Waals surface area contributed by atoms with Gasteiger partial charge < -0.3 is 16.4 Å². The van der Waals surface area contributed by atoms with Gasteiger partial charge in [-0.3, -0.25) is 9.59 Å². The maximum Gasteiger partial charge on any atom is 0.266 e. The second-order valence-electron chi connectivity index (χ2n) is 4.90. The minimum absolute atomic E-state index is 0.190. The van der Waals surface area contributed by atoms with E-state index < -0.39 is 11.9 Å². The maximum atomic E-state index is 12.6. The summed E-state index contributed by atoms with van der Waals surface area (Å²) < 4.78 is 0.975. The van der Waals surface area contributed by atoms with E-state index in [0.29, 0.717) is 23.5 Å². The molecule has 4 N–H and O–H groups in total. The van der Waals surface area contributed by atoms with E-state index in [-0.39, 0.29) is 5.91 Å². The topological polar surface area (TPSA) is 89.4 Å². The van der Waals surface area contributed by atoms with E-state index in [4.69, 9.17) is 11.5 Å². The molecule has 1 aliphatic heterocycles. The number of nitrogens with two attached hydrogens (primary N) is 2. The van der Waals surface area contributed by atoms with Crippen LogP contribution in [0.3, 0.4) is 0 Å². The summed E-state index contributed by atoms with van der Waals surface area (Å²) >= 11 is 1.36. The van der Waals surface area contributed by atoms with Crippen LogP contribution >= 0.6 is 11.3 Å². The highest BCUT2D eigenvalue weighted by Gasteiger charge is 2.34. The van der Waals surface area contributed by atoms with Crippen LogP contribution in [0.15, 0.2) is 24.3 Å². The van der Waals surface area contributed by atoms with Gasteiger partial charge in [0.05, 0.1) is 5.69 Å². The average molecular weight is 289 g/mol. The first-order valence-corrected chi connectivity index (χ1v) is 7.28. The summed E-state index contributed by atoms with van der Waals surface area (Å²) in [4.78, 5) is 26.1. The number of primary amides is 1. The van der Waals surface area contributed by atoms with Crippen molar-refractivity contribution < 1.29 is 9.59 Å². The van der Waals surface area contributed by atoms with Gasteiger partial charge in [-0.1, -0.05) is 18.2 Å². The molecule has 1 aromatic heterocycles. The number of hydrogen-bond donors (Lipinski definition) is 2. The van der Waals surface area contributed by atoms with E-state index >= 15 is 0 Å². The van der Waals surface area contributed by atoms with Gasteiger partial charge in [0.1, 0.15) is 10.9 Å². The fraction of sp³-hybridized carbons (Fsp3) is 0.286. The molecule has 0 aliphatic carbocycles. The van der Waals surface area contributed by atoms with Crippen molar-refractivity contribution in [1.29, 1.82) is 0 Å². The number of benzene rings is 1. The maximum absolute atomic E-state index is 12.6. The first-order chi connectivity index (χ1) is 9.59. The molecule has 20 heavy (non-hydrogen) atoms. The highest BCUT2D eigenvalue weighted by Crippen LogP contribution is 2.35. The summed E-state index contributed by atoms with van der Waals surface area (Å²) in [6.45, 7) is 0.556. The Balaban J connectivity index is 2.00. The van der Waals surface area contributed by atoms with Crippen LogP contribution in [0, 0.1) is 0 Å². The van der Waals surface area contributed by atoms with Crippen molar-refractivity contribution >= 4 is 38.9 Å². The third-order valence-corrected chi connectivity index (χ3v) is 4.84. The van der Waals surface area contributed by atoms with Crippen LogP contribution in [-0.2, 0) is 4.79 Å². The van der Waals surface area contributed by atoms with Crippen LogP contribution in [0.4, 0.5) is 5.69 Å². The predicted molar refractivity (Wildman–Crippen MR) is 79.5 cm³/mol. The van der Waals surface area contributed by atoms with Crippen LogP contribution in [-0.4, -0.2) is 29.3 Å². The van der Waals surface area contributed by atoms with Crippen molar-refractivity contribution in [2.24, 2.45) is 5.73 Å². The fourth-order valence-electron chi connectivity index (χ4n) is 2.66. The molecule has 1 saturated heterocycles. The number of carbonyl (C=O) groups is 2. The van der Waals surface area contributed by atoms with Crippen LogP contribution in [0.2, 0.25) is 0 Å². The number of fused-ring (bicyclic) bond motifs is 1. The molecule has 0 bridgehead atoms. The summed E-state index contributed by atoms with van der Waals surface area (Å²) in [7, 11) is 0. The Bertz CT molecular complexity index is 695. The largest absolute Gasteiger partial charge is 0.397 e. The van der Waals surface area contributed by atoms with Gasteiger partial charge in [0.2, 0.25) is 5.91 Å². The normalized spacial score (nSPS) is 18.6. The van der Waals surface area contributed by atoms with E-state index in [9.17, 15) is 9.59 Å². The van der Waals surface area contributed by atoms with Crippen molar-refractivity contribution in [2.45, 2.75) is 18.9 Å². The molecule has 1 aromatic carbocycles. The van der Waals surface area contributed by atoms with E-state index in [0.717, 1.165) is 16.5 Å². The molecule has 3 rings (SSSR count). The van der Waals surface area contributed by atoms with Crippen molar-refractivity contribution in [3.05, 3.63) is 29.1 Å². The molecule has 1 atom stereocenters. The minimum Gasteiger partial charge on any atom is -0.397 e. The molecular formula is C14H15N3O2S. The summed E-state index contributed by atoms with van der Waals surface area (Å²) in [6, 6.07) is 7.12. The SMILES string of the molecule is NC(=O)C1CCCN1C(=O)c1sc2ccccc2c1N. The second-order valence-corrected chi connectivity index (χ2v) is 5.95. The Morgan fingerprint density at radius 3 is 2.75 bits per heavy atom. The zero-order chi connectivity index (χ0) is 14.3. The summed E-state index contributed by atoms with van der Waals surface area (Å²) in [6.07, 6.45) is 1.43. The molecule has 2 aromatic rings. The highest BCUT2D eigenvalue weighted by atomic mass is 32.1. The molecule has 0 saturated carbocycles. The molecule has 2 amide bonds. The molecule has 1 fully saturated rings. The van der Waals surface area contributed by atoms with Gasteiger partial charge >= 0.3 is 0 Å². The Labute approximate surface area is 120 Å². The number of rotatable bonds is 2. The van der Waals surface area contributed by atoms with Crippen molar-refractivity contribution in [3.8, 4) is 0 Å². The molecule has 1 unspecified atom stereocenters. The van der Waals surface area contributed by atoms with Gasteiger partial charge in [0.15, 0.2) is 0 Å².